The molecule has 0 atom stereocenters. The summed E-state index contributed by atoms with van der Waals surface area (Å²) in [5, 5.41) is 0. The van der Waals surface area contributed by atoms with E-state index in [9.17, 15) is 17.6 Å². The molecule has 2 aromatic carbocycles. The minimum absolute atomic E-state index is 0.116. The molecule has 0 spiro atoms. The predicted octanol–water partition coefficient (Wildman–Crippen LogP) is 1.63. The zero-order valence-electron chi connectivity index (χ0n) is 13.3. The molecule has 0 aliphatic carbocycles. The SMILES string of the molecule is Cc1ccc(C)c(N(CC(=O)NN)S(=O)(=O)c2ccc(F)cc2)c1. The van der Waals surface area contributed by atoms with Crippen LogP contribution in [0.1, 0.15) is 11.1 Å². The number of nitrogens with zero attached hydrogens (tertiary/aromatic N) is 1. The molecule has 24 heavy (non-hydrogen) atoms. The lowest BCUT2D eigenvalue weighted by molar-refractivity contribution is -0.119. The molecule has 128 valence electrons. The molecule has 0 saturated carbocycles. The van der Waals surface area contributed by atoms with Crippen LogP contribution >= 0.6 is 0 Å². The molecule has 0 aliphatic heterocycles. The van der Waals surface area contributed by atoms with Crippen LogP contribution in [0.5, 0.6) is 0 Å². The van der Waals surface area contributed by atoms with Gasteiger partial charge in [-0.25, -0.2) is 18.7 Å². The number of carbonyl (C=O) groups excluding carboxylic acids is 1. The Balaban J connectivity index is 2.59. The highest BCUT2D eigenvalue weighted by atomic mass is 32.2. The summed E-state index contributed by atoms with van der Waals surface area (Å²) in [6, 6.07) is 9.68. The largest absolute Gasteiger partial charge is 0.293 e. The number of halogens is 1. The van der Waals surface area contributed by atoms with E-state index in [1.165, 1.54) is 0 Å². The fourth-order valence-electron chi connectivity index (χ4n) is 2.20. The minimum Gasteiger partial charge on any atom is -0.293 e. The number of benzene rings is 2. The van der Waals surface area contributed by atoms with Crippen molar-refractivity contribution in [1.82, 2.24) is 5.43 Å². The van der Waals surface area contributed by atoms with Crippen molar-refractivity contribution >= 4 is 21.6 Å². The Bertz CT molecular complexity index is 851. The zero-order valence-corrected chi connectivity index (χ0v) is 14.1. The van der Waals surface area contributed by atoms with Crippen LogP contribution in [0.3, 0.4) is 0 Å². The van der Waals surface area contributed by atoms with Gasteiger partial charge in [0.1, 0.15) is 12.4 Å². The maximum absolute atomic E-state index is 13.1. The lowest BCUT2D eigenvalue weighted by Crippen LogP contribution is -2.43. The summed E-state index contributed by atoms with van der Waals surface area (Å²) in [7, 11) is -4.07. The molecule has 0 aliphatic rings. The highest BCUT2D eigenvalue weighted by molar-refractivity contribution is 7.92. The van der Waals surface area contributed by atoms with Crippen molar-refractivity contribution in [3.05, 3.63) is 59.4 Å². The average molecular weight is 351 g/mol. The molecule has 0 fully saturated rings. The van der Waals surface area contributed by atoms with Crippen LogP contribution in [0.4, 0.5) is 10.1 Å². The van der Waals surface area contributed by atoms with Crippen molar-refractivity contribution in [3.8, 4) is 0 Å². The van der Waals surface area contributed by atoms with Crippen LogP contribution < -0.4 is 15.6 Å². The van der Waals surface area contributed by atoms with Gasteiger partial charge in [-0.3, -0.25) is 14.5 Å². The van der Waals surface area contributed by atoms with Crippen molar-refractivity contribution in [2.75, 3.05) is 10.8 Å². The van der Waals surface area contributed by atoms with E-state index in [1.807, 2.05) is 18.4 Å². The molecule has 0 bridgehead atoms. The fourth-order valence-corrected chi connectivity index (χ4v) is 3.67. The normalized spacial score (nSPS) is 11.2. The molecule has 0 heterocycles. The molecule has 0 saturated heterocycles. The molecular weight excluding hydrogens is 333 g/mol. The van der Waals surface area contributed by atoms with E-state index in [0.29, 0.717) is 11.3 Å². The molecule has 0 radical (unpaired) electrons. The first kappa shape index (κ1) is 17.9. The van der Waals surface area contributed by atoms with Crippen molar-refractivity contribution < 1.29 is 17.6 Å². The third-order valence-corrected chi connectivity index (χ3v) is 5.26. The number of aryl methyl sites for hydroxylation is 2. The van der Waals surface area contributed by atoms with Gasteiger partial charge in [0.15, 0.2) is 0 Å². The summed E-state index contributed by atoms with van der Waals surface area (Å²) in [5.41, 5.74) is 3.80. The Morgan fingerprint density at radius 3 is 2.38 bits per heavy atom. The Labute approximate surface area is 140 Å². The maximum atomic E-state index is 13.1. The van der Waals surface area contributed by atoms with Crippen molar-refractivity contribution in [2.24, 2.45) is 5.84 Å². The number of carbonyl (C=O) groups is 1. The number of sulfonamides is 1. The molecule has 2 aromatic rings. The van der Waals surface area contributed by atoms with E-state index in [2.05, 4.69) is 0 Å². The number of nitrogens with one attached hydrogen (secondary N) is 1. The van der Waals surface area contributed by atoms with Gasteiger partial charge in [0.05, 0.1) is 10.6 Å². The second-order valence-electron chi connectivity index (χ2n) is 5.32. The Morgan fingerprint density at radius 1 is 1.17 bits per heavy atom. The molecular formula is C16H18FN3O3S. The van der Waals surface area contributed by atoms with Gasteiger partial charge in [0, 0.05) is 0 Å². The number of rotatable bonds is 5. The summed E-state index contributed by atoms with van der Waals surface area (Å²) < 4.78 is 39.9. The highest BCUT2D eigenvalue weighted by Crippen LogP contribution is 2.27. The Kier molecular flexibility index (Phi) is 5.20. The van der Waals surface area contributed by atoms with E-state index in [0.717, 1.165) is 34.1 Å². The van der Waals surface area contributed by atoms with Crippen LogP contribution in [0.15, 0.2) is 47.4 Å². The predicted molar refractivity (Wildman–Crippen MR) is 89.2 cm³/mol. The summed E-state index contributed by atoms with van der Waals surface area (Å²) in [4.78, 5) is 11.6. The molecule has 1 amide bonds. The third-order valence-electron chi connectivity index (χ3n) is 3.48. The van der Waals surface area contributed by atoms with Gasteiger partial charge in [-0.1, -0.05) is 12.1 Å². The van der Waals surface area contributed by atoms with E-state index < -0.39 is 28.3 Å². The lowest BCUT2D eigenvalue weighted by atomic mass is 10.1. The van der Waals surface area contributed by atoms with Crippen molar-refractivity contribution in [3.63, 3.8) is 0 Å². The fraction of sp³-hybridized carbons (Fsp3) is 0.188. The Morgan fingerprint density at radius 2 is 1.79 bits per heavy atom. The lowest BCUT2D eigenvalue weighted by Gasteiger charge is -2.25. The van der Waals surface area contributed by atoms with Gasteiger partial charge in [-0.2, -0.15) is 0 Å². The van der Waals surface area contributed by atoms with Gasteiger partial charge >= 0.3 is 0 Å². The van der Waals surface area contributed by atoms with Crippen molar-refractivity contribution in [2.45, 2.75) is 18.7 Å². The van der Waals surface area contributed by atoms with Crippen molar-refractivity contribution in [1.29, 1.82) is 0 Å². The number of anilines is 1. The number of hydrogen-bond acceptors (Lipinski definition) is 4. The van der Waals surface area contributed by atoms with Crippen LogP contribution in [-0.2, 0) is 14.8 Å². The second-order valence-corrected chi connectivity index (χ2v) is 7.19. The molecule has 0 aromatic heterocycles. The van der Waals surface area contributed by atoms with Crippen LogP contribution in [0.25, 0.3) is 0 Å². The molecule has 3 N–H and O–H groups in total. The monoisotopic (exact) mass is 351 g/mol. The summed E-state index contributed by atoms with van der Waals surface area (Å²) in [5.74, 6) is 3.88. The number of hydrazine groups is 1. The van der Waals surface area contributed by atoms with Crippen LogP contribution in [0.2, 0.25) is 0 Å². The summed E-state index contributed by atoms with van der Waals surface area (Å²) in [6.45, 7) is 3.07. The van der Waals surface area contributed by atoms with E-state index in [1.54, 1.807) is 19.1 Å². The molecule has 6 nitrogen and oxygen atoms in total. The summed E-state index contributed by atoms with van der Waals surface area (Å²) in [6.07, 6.45) is 0. The smallest absolute Gasteiger partial charge is 0.264 e. The molecule has 2 rings (SSSR count). The topological polar surface area (TPSA) is 92.5 Å². The van der Waals surface area contributed by atoms with Gasteiger partial charge in [-0.15, -0.1) is 0 Å². The van der Waals surface area contributed by atoms with Gasteiger partial charge in [0.25, 0.3) is 15.9 Å². The van der Waals surface area contributed by atoms with E-state index in [4.69, 9.17) is 5.84 Å². The second kappa shape index (κ2) is 6.98. The third kappa shape index (κ3) is 3.72. The number of nitrogens with two attached hydrogens (primary N) is 1. The maximum Gasteiger partial charge on any atom is 0.264 e. The van der Waals surface area contributed by atoms with Gasteiger partial charge in [-0.05, 0) is 55.3 Å². The average Bonchev–Trinajstić information content (AvgIpc) is 2.55. The van der Waals surface area contributed by atoms with Crippen LogP contribution in [-0.4, -0.2) is 20.9 Å². The van der Waals surface area contributed by atoms with E-state index >= 15 is 0 Å². The highest BCUT2D eigenvalue weighted by Gasteiger charge is 2.28. The molecule has 8 heteroatoms. The first-order chi connectivity index (χ1) is 11.3. The molecule has 0 unspecified atom stereocenters. The summed E-state index contributed by atoms with van der Waals surface area (Å²) >= 11 is 0. The number of hydrogen-bond donors (Lipinski definition) is 2. The first-order valence-corrected chi connectivity index (χ1v) is 8.54. The minimum atomic E-state index is -4.07. The first-order valence-electron chi connectivity index (χ1n) is 7.10. The zero-order chi connectivity index (χ0) is 17.9. The van der Waals surface area contributed by atoms with E-state index in [-0.39, 0.29) is 4.90 Å². The van der Waals surface area contributed by atoms with Gasteiger partial charge < -0.3 is 0 Å². The van der Waals surface area contributed by atoms with Gasteiger partial charge in [0.2, 0.25) is 0 Å². The quantitative estimate of drug-likeness (QED) is 0.486. The van der Waals surface area contributed by atoms with Crippen LogP contribution in [0, 0.1) is 19.7 Å². The number of amides is 1. The standard InChI is InChI=1S/C16H18FN3O3S/c1-11-3-4-12(2)15(9-11)20(10-16(21)19-18)24(22,23)14-7-5-13(17)6-8-14/h3-9H,10,18H2,1-2H3,(H,19,21). The Hall–Kier alpha value is -2.45.